The summed E-state index contributed by atoms with van der Waals surface area (Å²) >= 11 is 0. The van der Waals surface area contributed by atoms with Crippen molar-refractivity contribution >= 4 is 11.9 Å². The predicted molar refractivity (Wildman–Crippen MR) is 112 cm³/mol. The summed E-state index contributed by atoms with van der Waals surface area (Å²) in [5.41, 5.74) is 3.14. The number of aliphatic imine (C=N–C) groups is 1. The molecule has 0 aliphatic carbocycles. The average molecular weight is 367 g/mol. The highest BCUT2D eigenvalue weighted by atomic mass is 16.2. The Hall–Kier alpha value is -2.82. The third kappa shape index (κ3) is 6.44. The number of nitrogens with one attached hydrogen (secondary N) is 2. The van der Waals surface area contributed by atoms with Gasteiger partial charge in [-0.05, 0) is 43.5 Å². The highest BCUT2D eigenvalue weighted by molar-refractivity contribution is 5.94. The fraction of sp³-hybridized carbons (Fsp3) is 0.364. The molecule has 2 N–H and O–H groups in total. The summed E-state index contributed by atoms with van der Waals surface area (Å²) in [4.78, 5) is 18.4. The number of carbonyl (C=O) groups excluding carboxylic acids is 1. The highest BCUT2D eigenvalue weighted by Gasteiger charge is 2.11. The zero-order chi connectivity index (χ0) is 19.5. The maximum absolute atomic E-state index is 12.3. The van der Waals surface area contributed by atoms with E-state index in [1.807, 2.05) is 49.1 Å². The van der Waals surface area contributed by atoms with E-state index in [4.69, 9.17) is 0 Å². The van der Waals surface area contributed by atoms with Crippen LogP contribution in [0.5, 0.6) is 0 Å². The second-order valence-electron chi connectivity index (χ2n) is 6.26. The van der Waals surface area contributed by atoms with Gasteiger partial charge >= 0.3 is 0 Å². The van der Waals surface area contributed by atoms with Crippen LogP contribution in [0, 0.1) is 0 Å². The largest absolute Gasteiger partial charge is 0.356 e. The van der Waals surface area contributed by atoms with E-state index in [0.29, 0.717) is 6.54 Å². The van der Waals surface area contributed by atoms with Gasteiger partial charge in [0.1, 0.15) is 0 Å². The van der Waals surface area contributed by atoms with Crippen LogP contribution in [0.3, 0.4) is 0 Å². The summed E-state index contributed by atoms with van der Waals surface area (Å²) in [6.07, 6.45) is 0.948. The first-order valence-electron chi connectivity index (χ1n) is 9.54. The Labute approximate surface area is 162 Å². The molecular weight excluding hydrogens is 336 g/mol. The van der Waals surface area contributed by atoms with E-state index >= 15 is 0 Å². The maximum atomic E-state index is 12.3. The number of benzene rings is 2. The molecule has 0 bridgehead atoms. The van der Waals surface area contributed by atoms with Gasteiger partial charge in [0.05, 0.1) is 0 Å². The Bertz CT molecular complexity index is 722. The summed E-state index contributed by atoms with van der Waals surface area (Å²) < 4.78 is 0. The molecule has 0 atom stereocenters. The molecule has 0 aromatic heterocycles. The van der Waals surface area contributed by atoms with Crippen molar-refractivity contribution in [3.8, 4) is 0 Å². The van der Waals surface area contributed by atoms with Crippen LogP contribution in [0.15, 0.2) is 59.6 Å². The summed E-state index contributed by atoms with van der Waals surface area (Å²) in [5.74, 6) is 0.854. The molecule has 5 heteroatoms. The van der Waals surface area contributed by atoms with Gasteiger partial charge in [-0.3, -0.25) is 9.79 Å². The molecule has 0 saturated carbocycles. The Kier molecular flexibility index (Phi) is 8.36. The second-order valence-corrected chi connectivity index (χ2v) is 6.26. The summed E-state index contributed by atoms with van der Waals surface area (Å²) in [5, 5.41) is 6.64. The van der Waals surface area contributed by atoms with E-state index in [1.54, 1.807) is 7.05 Å². The van der Waals surface area contributed by atoms with Crippen molar-refractivity contribution in [2.75, 3.05) is 26.7 Å². The van der Waals surface area contributed by atoms with Crippen molar-refractivity contribution in [2.45, 2.75) is 26.8 Å². The van der Waals surface area contributed by atoms with E-state index in [9.17, 15) is 4.79 Å². The van der Waals surface area contributed by atoms with Crippen LogP contribution in [-0.4, -0.2) is 43.4 Å². The maximum Gasteiger partial charge on any atom is 0.253 e. The van der Waals surface area contributed by atoms with Gasteiger partial charge in [0, 0.05) is 38.8 Å². The van der Waals surface area contributed by atoms with E-state index < -0.39 is 0 Å². The molecule has 0 unspecified atom stereocenters. The molecule has 0 aliphatic rings. The smallest absolute Gasteiger partial charge is 0.253 e. The number of amides is 1. The molecule has 2 aromatic rings. The second kappa shape index (κ2) is 11.0. The average Bonchev–Trinajstić information content (AvgIpc) is 2.72. The summed E-state index contributed by atoms with van der Waals surface area (Å²) in [7, 11) is 1.77. The zero-order valence-electron chi connectivity index (χ0n) is 16.5. The molecule has 1 amide bonds. The van der Waals surface area contributed by atoms with Crippen molar-refractivity contribution < 1.29 is 4.79 Å². The van der Waals surface area contributed by atoms with Gasteiger partial charge in [0.2, 0.25) is 0 Å². The molecule has 0 spiro atoms. The van der Waals surface area contributed by atoms with Gasteiger partial charge in [-0.15, -0.1) is 0 Å². The Balaban J connectivity index is 1.81. The van der Waals surface area contributed by atoms with Gasteiger partial charge < -0.3 is 15.5 Å². The molecule has 27 heavy (non-hydrogen) atoms. The lowest BCUT2D eigenvalue weighted by Crippen LogP contribution is -2.37. The number of hydrogen-bond acceptors (Lipinski definition) is 2. The topological polar surface area (TPSA) is 56.7 Å². The normalized spacial score (nSPS) is 11.1. The van der Waals surface area contributed by atoms with Gasteiger partial charge in [-0.2, -0.15) is 0 Å². The Morgan fingerprint density at radius 2 is 1.59 bits per heavy atom. The van der Waals surface area contributed by atoms with Crippen molar-refractivity contribution in [1.82, 2.24) is 15.5 Å². The molecule has 2 aromatic carbocycles. The number of nitrogens with zero attached hydrogens (tertiary/aromatic N) is 2. The van der Waals surface area contributed by atoms with Gasteiger partial charge in [-0.25, -0.2) is 0 Å². The van der Waals surface area contributed by atoms with Gasteiger partial charge in [-0.1, -0.05) is 42.5 Å². The van der Waals surface area contributed by atoms with E-state index in [2.05, 4.69) is 39.9 Å². The number of carbonyl (C=O) groups is 1. The summed E-state index contributed by atoms with van der Waals surface area (Å²) in [6, 6.07) is 18.1. The van der Waals surface area contributed by atoms with Crippen LogP contribution in [0.25, 0.3) is 0 Å². The van der Waals surface area contributed by atoms with Crippen LogP contribution < -0.4 is 10.6 Å². The Morgan fingerprint density at radius 1 is 0.926 bits per heavy atom. The first-order valence-corrected chi connectivity index (χ1v) is 9.54. The van der Waals surface area contributed by atoms with Crippen LogP contribution in [0.4, 0.5) is 0 Å². The minimum atomic E-state index is 0.0814. The molecule has 0 fully saturated rings. The first kappa shape index (κ1) is 20.5. The number of rotatable bonds is 8. The zero-order valence-corrected chi connectivity index (χ0v) is 16.5. The molecule has 0 saturated heterocycles. The fourth-order valence-corrected chi connectivity index (χ4v) is 2.83. The van der Waals surface area contributed by atoms with Crippen LogP contribution in [-0.2, 0) is 13.0 Å². The van der Waals surface area contributed by atoms with Crippen LogP contribution in [0.1, 0.15) is 35.3 Å². The standard InChI is InChI=1S/C22H30N4O/c1-4-26(5-2)21(27)20-13-11-19(12-14-20)17-25-22(23-3)24-16-15-18-9-7-6-8-10-18/h6-14H,4-5,15-17H2,1-3H3,(H2,23,24,25). The monoisotopic (exact) mass is 366 g/mol. The minimum Gasteiger partial charge on any atom is -0.356 e. The van der Waals surface area contributed by atoms with Crippen molar-refractivity contribution in [1.29, 1.82) is 0 Å². The first-order chi connectivity index (χ1) is 13.2. The number of guanidine groups is 1. The SMILES string of the molecule is CCN(CC)C(=O)c1ccc(CNC(=NC)NCCc2ccccc2)cc1. The molecule has 2 rings (SSSR count). The molecule has 144 valence electrons. The van der Waals surface area contributed by atoms with E-state index in [-0.39, 0.29) is 5.91 Å². The summed E-state index contributed by atoms with van der Waals surface area (Å²) in [6.45, 7) is 6.92. The fourth-order valence-electron chi connectivity index (χ4n) is 2.83. The lowest BCUT2D eigenvalue weighted by molar-refractivity contribution is 0.0773. The molecular formula is C22H30N4O. The molecule has 0 radical (unpaired) electrons. The quantitative estimate of drug-likeness (QED) is 0.558. The van der Waals surface area contributed by atoms with Crippen molar-refractivity contribution in [2.24, 2.45) is 4.99 Å². The minimum absolute atomic E-state index is 0.0814. The van der Waals surface area contributed by atoms with Crippen molar-refractivity contribution in [3.63, 3.8) is 0 Å². The van der Waals surface area contributed by atoms with E-state index in [1.165, 1.54) is 5.56 Å². The molecule has 0 heterocycles. The lowest BCUT2D eigenvalue weighted by Gasteiger charge is -2.18. The van der Waals surface area contributed by atoms with Crippen molar-refractivity contribution in [3.05, 3.63) is 71.3 Å². The highest BCUT2D eigenvalue weighted by Crippen LogP contribution is 2.08. The van der Waals surface area contributed by atoms with Gasteiger partial charge in [0.15, 0.2) is 5.96 Å². The lowest BCUT2D eigenvalue weighted by atomic mass is 10.1. The molecule has 5 nitrogen and oxygen atoms in total. The van der Waals surface area contributed by atoms with Gasteiger partial charge in [0.25, 0.3) is 5.91 Å². The third-order valence-electron chi connectivity index (χ3n) is 4.48. The Morgan fingerprint density at radius 3 is 2.19 bits per heavy atom. The number of hydrogen-bond donors (Lipinski definition) is 2. The molecule has 0 aliphatic heterocycles. The van der Waals surface area contributed by atoms with Crippen LogP contribution in [0.2, 0.25) is 0 Å². The predicted octanol–water partition coefficient (Wildman–Crippen LogP) is 3.08. The van der Waals surface area contributed by atoms with Crippen LogP contribution >= 0.6 is 0 Å². The van der Waals surface area contributed by atoms with E-state index in [0.717, 1.165) is 43.1 Å². The third-order valence-corrected chi connectivity index (χ3v) is 4.48.